The number of hydrogen-bond donors (Lipinski definition) is 1. The Morgan fingerprint density at radius 3 is 2.78 bits per heavy atom. The van der Waals surface area contributed by atoms with Gasteiger partial charge in [0, 0.05) is 18.8 Å². The Kier molecular flexibility index (Phi) is 3.23. The van der Waals surface area contributed by atoms with E-state index in [1.165, 1.54) is 17.0 Å². The summed E-state index contributed by atoms with van der Waals surface area (Å²) in [5.74, 6) is -0.915. The largest absolute Gasteiger partial charge is 0.396 e. The molecule has 1 heterocycles. The van der Waals surface area contributed by atoms with Crippen LogP contribution in [0.25, 0.3) is 0 Å². The van der Waals surface area contributed by atoms with Crippen LogP contribution in [0.4, 0.5) is 15.8 Å². The van der Waals surface area contributed by atoms with Crippen molar-refractivity contribution < 1.29 is 9.18 Å². The summed E-state index contributed by atoms with van der Waals surface area (Å²) in [6.07, 6.45) is 3.18. The van der Waals surface area contributed by atoms with Gasteiger partial charge in [-0.3, -0.25) is 9.78 Å². The van der Waals surface area contributed by atoms with Crippen LogP contribution >= 0.6 is 0 Å². The van der Waals surface area contributed by atoms with Crippen molar-refractivity contribution in [2.24, 2.45) is 0 Å². The molecule has 1 aromatic carbocycles. The van der Waals surface area contributed by atoms with Crippen molar-refractivity contribution in [3.8, 4) is 0 Å². The van der Waals surface area contributed by atoms with Crippen LogP contribution in [-0.4, -0.2) is 17.9 Å². The van der Waals surface area contributed by atoms with Crippen molar-refractivity contribution in [1.82, 2.24) is 4.98 Å². The molecule has 0 fully saturated rings. The SMILES string of the molecule is CN(C(=O)c1ccc(N)c(F)c1)c1cccnc1. The molecule has 0 aliphatic heterocycles. The van der Waals surface area contributed by atoms with Crippen LogP contribution in [0.1, 0.15) is 10.4 Å². The molecule has 0 saturated heterocycles. The predicted octanol–water partition coefficient (Wildman–Crippen LogP) is 2.08. The molecule has 18 heavy (non-hydrogen) atoms. The van der Waals surface area contributed by atoms with Gasteiger partial charge in [-0.1, -0.05) is 0 Å². The van der Waals surface area contributed by atoms with E-state index < -0.39 is 5.82 Å². The van der Waals surface area contributed by atoms with E-state index in [9.17, 15) is 9.18 Å². The van der Waals surface area contributed by atoms with E-state index in [0.29, 0.717) is 5.69 Å². The lowest BCUT2D eigenvalue weighted by atomic mass is 10.1. The van der Waals surface area contributed by atoms with E-state index in [0.717, 1.165) is 6.07 Å². The van der Waals surface area contributed by atoms with Gasteiger partial charge in [-0.2, -0.15) is 0 Å². The van der Waals surface area contributed by atoms with Crippen molar-refractivity contribution in [3.63, 3.8) is 0 Å². The molecule has 2 N–H and O–H groups in total. The Morgan fingerprint density at radius 2 is 2.17 bits per heavy atom. The molecule has 5 heteroatoms. The molecule has 0 aliphatic rings. The first-order valence-electron chi connectivity index (χ1n) is 5.32. The number of carbonyl (C=O) groups is 1. The van der Waals surface area contributed by atoms with Gasteiger partial charge in [0.15, 0.2) is 0 Å². The monoisotopic (exact) mass is 245 g/mol. The van der Waals surface area contributed by atoms with Gasteiger partial charge in [0.25, 0.3) is 5.91 Å². The Hall–Kier alpha value is -2.43. The van der Waals surface area contributed by atoms with Gasteiger partial charge in [0.2, 0.25) is 0 Å². The van der Waals surface area contributed by atoms with Gasteiger partial charge in [-0.25, -0.2) is 4.39 Å². The molecule has 0 radical (unpaired) electrons. The summed E-state index contributed by atoms with van der Waals surface area (Å²) in [7, 11) is 1.60. The number of carbonyl (C=O) groups excluding carboxylic acids is 1. The van der Waals surface area contributed by atoms with Crippen LogP contribution in [0.15, 0.2) is 42.7 Å². The van der Waals surface area contributed by atoms with Crippen LogP contribution < -0.4 is 10.6 Å². The van der Waals surface area contributed by atoms with Gasteiger partial charge in [0.05, 0.1) is 17.6 Å². The molecule has 2 aromatic rings. The van der Waals surface area contributed by atoms with E-state index in [1.807, 2.05) is 0 Å². The summed E-state index contributed by atoms with van der Waals surface area (Å²) < 4.78 is 13.3. The molecule has 4 nitrogen and oxygen atoms in total. The van der Waals surface area contributed by atoms with Crippen molar-refractivity contribution >= 4 is 17.3 Å². The quantitative estimate of drug-likeness (QED) is 0.824. The summed E-state index contributed by atoms with van der Waals surface area (Å²) in [6.45, 7) is 0. The molecule has 1 aromatic heterocycles. The van der Waals surface area contributed by atoms with E-state index >= 15 is 0 Å². The third kappa shape index (κ3) is 2.29. The summed E-state index contributed by atoms with van der Waals surface area (Å²) in [4.78, 5) is 17.4. The molecule has 0 saturated carbocycles. The fraction of sp³-hybridized carbons (Fsp3) is 0.0769. The third-order valence-electron chi connectivity index (χ3n) is 2.59. The molecule has 0 atom stereocenters. The van der Waals surface area contributed by atoms with Gasteiger partial charge in [-0.05, 0) is 30.3 Å². The maximum absolute atomic E-state index is 13.3. The Labute approximate surface area is 104 Å². The number of nitrogens with zero attached hydrogens (tertiary/aromatic N) is 2. The minimum Gasteiger partial charge on any atom is -0.396 e. The van der Waals surface area contributed by atoms with Gasteiger partial charge < -0.3 is 10.6 Å². The molecule has 2 rings (SSSR count). The second-order valence-electron chi connectivity index (χ2n) is 3.81. The number of hydrogen-bond acceptors (Lipinski definition) is 3. The third-order valence-corrected chi connectivity index (χ3v) is 2.59. The molecular weight excluding hydrogens is 233 g/mol. The van der Waals surface area contributed by atoms with Crippen molar-refractivity contribution in [2.75, 3.05) is 17.7 Å². The molecule has 0 bridgehead atoms. The van der Waals surface area contributed by atoms with E-state index in [-0.39, 0.29) is 17.2 Å². The number of pyridine rings is 1. The molecular formula is C13H12FN3O. The van der Waals surface area contributed by atoms with Gasteiger partial charge >= 0.3 is 0 Å². The second kappa shape index (κ2) is 4.83. The Bertz CT molecular complexity index is 572. The zero-order chi connectivity index (χ0) is 13.1. The highest BCUT2D eigenvalue weighted by Crippen LogP contribution is 2.17. The predicted molar refractivity (Wildman–Crippen MR) is 67.8 cm³/mol. The normalized spacial score (nSPS) is 10.1. The fourth-order valence-electron chi connectivity index (χ4n) is 1.52. The summed E-state index contributed by atoms with van der Waals surface area (Å²) in [6, 6.07) is 7.47. The average Bonchev–Trinajstić information content (AvgIpc) is 2.41. The molecule has 1 amide bonds. The summed E-state index contributed by atoms with van der Waals surface area (Å²) in [5.41, 5.74) is 6.27. The number of nitrogen functional groups attached to an aromatic ring is 1. The first kappa shape index (κ1) is 12.0. The van der Waals surface area contributed by atoms with Crippen LogP contribution in [-0.2, 0) is 0 Å². The number of halogens is 1. The first-order chi connectivity index (χ1) is 8.59. The number of aromatic nitrogens is 1. The van der Waals surface area contributed by atoms with Crippen molar-refractivity contribution in [2.45, 2.75) is 0 Å². The van der Waals surface area contributed by atoms with Crippen molar-refractivity contribution in [3.05, 3.63) is 54.1 Å². The van der Waals surface area contributed by atoms with E-state index in [1.54, 1.807) is 31.6 Å². The summed E-state index contributed by atoms with van der Waals surface area (Å²) in [5, 5.41) is 0. The lowest BCUT2D eigenvalue weighted by Crippen LogP contribution is -2.26. The maximum Gasteiger partial charge on any atom is 0.258 e. The minimum atomic E-state index is -0.597. The average molecular weight is 245 g/mol. The molecule has 0 unspecified atom stereocenters. The zero-order valence-corrected chi connectivity index (χ0v) is 9.80. The van der Waals surface area contributed by atoms with Crippen molar-refractivity contribution in [1.29, 1.82) is 0 Å². The Balaban J connectivity index is 2.29. The lowest BCUT2D eigenvalue weighted by Gasteiger charge is -2.16. The lowest BCUT2D eigenvalue weighted by molar-refractivity contribution is 0.0992. The second-order valence-corrected chi connectivity index (χ2v) is 3.81. The minimum absolute atomic E-state index is 0.0237. The number of rotatable bonds is 2. The maximum atomic E-state index is 13.3. The number of amides is 1. The van der Waals surface area contributed by atoms with E-state index in [2.05, 4.69) is 4.98 Å². The molecule has 92 valence electrons. The van der Waals surface area contributed by atoms with Crippen LogP contribution in [0.3, 0.4) is 0 Å². The number of nitrogens with two attached hydrogens (primary N) is 1. The van der Waals surface area contributed by atoms with Crippen LogP contribution in [0.2, 0.25) is 0 Å². The molecule has 0 spiro atoms. The van der Waals surface area contributed by atoms with Crippen LogP contribution in [0.5, 0.6) is 0 Å². The van der Waals surface area contributed by atoms with E-state index in [4.69, 9.17) is 5.73 Å². The highest BCUT2D eigenvalue weighted by molar-refractivity contribution is 6.05. The number of benzene rings is 1. The Morgan fingerprint density at radius 1 is 1.39 bits per heavy atom. The highest BCUT2D eigenvalue weighted by Gasteiger charge is 2.14. The number of anilines is 2. The fourth-order valence-corrected chi connectivity index (χ4v) is 1.52. The topological polar surface area (TPSA) is 59.2 Å². The zero-order valence-electron chi connectivity index (χ0n) is 9.80. The highest BCUT2D eigenvalue weighted by atomic mass is 19.1. The standard InChI is InChI=1S/C13H12FN3O/c1-17(10-3-2-6-16-8-10)13(18)9-4-5-12(15)11(14)7-9/h2-8H,15H2,1H3. The first-order valence-corrected chi connectivity index (χ1v) is 5.32. The molecule has 0 aliphatic carbocycles. The smallest absolute Gasteiger partial charge is 0.258 e. The van der Waals surface area contributed by atoms with Gasteiger partial charge in [-0.15, -0.1) is 0 Å². The van der Waals surface area contributed by atoms with Crippen LogP contribution in [0, 0.1) is 5.82 Å². The summed E-state index contributed by atoms with van der Waals surface area (Å²) >= 11 is 0. The van der Waals surface area contributed by atoms with Gasteiger partial charge in [0.1, 0.15) is 5.82 Å².